The lowest BCUT2D eigenvalue weighted by Gasteiger charge is -2.20. The molecule has 15 rings (SSSR count). The minimum atomic E-state index is 1.26. The zero-order valence-electron chi connectivity index (χ0n) is 42.2. The van der Waals surface area contributed by atoms with E-state index in [1.54, 1.807) is 0 Å². The lowest BCUT2D eigenvalue weighted by Crippen LogP contribution is -1.92. The third-order valence-corrected chi connectivity index (χ3v) is 16.5. The highest BCUT2D eigenvalue weighted by molar-refractivity contribution is 6.45. The Morgan fingerprint density at radius 2 is 0.542 bits per heavy atom. The van der Waals surface area contributed by atoms with Gasteiger partial charge in [0.05, 0.1) is 0 Å². The molecule has 0 saturated heterocycles. The lowest BCUT2D eigenvalue weighted by atomic mass is 9.83. The maximum absolute atomic E-state index is 2.60. The smallest absolute Gasteiger partial charge is 0.000731 e. The molecule has 0 aliphatic heterocycles. The van der Waals surface area contributed by atoms with Crippen LogP contribution in [0.5, 0.6) is 0 Å². The summed E-state index contributed by atoms with van der Waals surface area (Å²) >= 11 is 0. The number of benzene rings is 13. The SMILES string of the molecule is Cc1cccc(-c2ccc3c4ccc5c6cc7c(-c8cc(C)cc(C)c8)c8c9cc(C)cc%10cc(C)cc(c8c(-c8cc(C)cc(C)c8)c7cc6c6ccc(c7ccc(-c8cccc(C)c8)c2c37)c4c56)c%109)c1. The van der Waals surface area contributed by atoms with Crippen molar-refractivity contribution in [1.29, 1.82) is 0 Å². The van der Waals surface area contributed by atoms with E-state index in [2.05, 4.69) is 225 Å². The fourth-order valence-corrected chi connectivity index (χ4v) is 14.0. The molecule has 72 heavy (non-hydrogen) atoms. The Morgan fingerprint density at radius 3 is 0.944 bits per heavy atom. The number of hydrogen-bond donors (Lipinski definition) is 0. The minimum Gasteiger partial charge on any atom is -0.0614 e. The third kappa shape index (κ3) is 5.70. The molecule has 0 heteroatoms. The molecule has 0 aromatic heterocycles. The second-order valence-corrected chi connectivity index (χ2v) is 21.8. The van der Waals surface area contributed by atoms with Crippen molar-refractivity contribution >= 4 is 108 Å². The second-order valence-electron chi connectivity index (χ2n) is 21.8. The van der Waals surface area contributed by atoms with E-state index in [-0.39, 0.29) is 0 Å². The summed E-state index contributed by atoms with van der Waals surface area (Å²) in [6.45, 7) is 18.0. The molecule has 0 aliphatic rings. The molecular weight excluding hydrogens is 865 g/mol. The highest BCUT2D eigenvalue weighted by Crippen LogP contribution is 2.55. The van der Waals surface area contributed by atoms with Gasteiger partial charge in [-0.2, -0.15) is 0 Å². The van der Waals surface area contributed by atoms with Crippen LogP contribution in [0.25, 0.3) is 152 Å². The van der Waals surface area contributed by atoms with E-state index < -0.39 is 0 Å². The van der Waals surface area contributed by atoms with E-state index in [9.17, 15) is 0 Å². The monoisotopic (exact) mass is 916 g/mol. The average molecular weight is 917 g/mol. The Hall–Kier alpha value is -8.32. The van der Waals surface area contributed by atoms with Crippen molar-refractivity contribution in [2.24, 2.45) is 0 Å². The number of fused-ring (bicyclic) bond motifs is 9. The van der Waals surface area contributed by atoms with Crippen molar-refractivity contribution in [1.82, 2.24) is 0 Å². The standard InChI is InChI=1S/C72H52/c1-37-11-9-13-45(25-37)50-15-17-52-54-19-21-56-58-35-60-61(36-59(58)57-22-20-55(69(54)70(56)57)53-18-16-51(67(50)68(52)53)46-14-10-12-38(2)26-46)66(49-29-41(5)24-42(6)30-49)72-63-34-44(8)32-47-31-43(7)33-62(64(47)63)71(72)65(60)48-27-39(3)23-40(4)28-48/h9-36H,1-8H3. The van der Waals surface area contributed by atoms with Gasteiger partial charge in [0.1, 0.15) is 0 Å². The highest BCUT2D eigenvalue weighted by Gasteiger charge is 2.27. The summed E-state index contributed by atoms with van der Waals surface area (Å²) in [6, 6.07) is 66.8. The van der Waals surface area contributed by atoms with Gasteiger partial charge in [-0.15, -0.1) is 0 Å². The average Bonchev–Trinajstić information content (AvgIpc) is 3.84. The van der Waals surface area contributed by atoms with E-state index in [0.717, 1.165) is 0 Å². The van der Waals surface area contributed by atoms with Crippen molar-refractivity contribution in [3.63, 3.8) is 0 Å². The van der Waals surface area contributed by atoms with E-state index >= 15 is 0 Å². The van der Waals surface area contributed by atoms with E-state index in [1.165, 1.54) is 197 Å². The van der Waals surface area contributed by atoms with Gasteiger partial charge in [0.15, 0.2) is 0 Å². The summed E-state index contributed by atoms with van der Waals surface area (Å²) in [5.74, 6) is 0. The van der Waals surface area contributed by atoms with Gasteiger partial charge >= 0.3 is 0 Å². The summed E-state index contributed by atoms with van der Waals surface area (Å²) in [6.07, 6.45) is 0. The molecular formula is C72H52. The first-order valence-corrected chi connectivity index (χ1v) is 25.7. The van der Waals surface area contributed by atoms with Gasteiger partial charge in [0, 0.05) is 0 Å². The Morgan fingerprint density at radius 1 is 0.194 bits per heavy atom. The molecule has 15 aromatic rings. The Bertz CT molecular complexity index is 4530. The highest BCUT2D eigenvalue weighted by atomic mass is 14.3. The fourth-order valence-electron chi connectivity index (χ4n) is 14.0. The van der Waals surface area contributed by atoms with Crippen LogP contribution in [-0.4, -0.2) is 0 Å². The summed E-state index contributed by atoms with van der Waals surface area (Å²) < 4.78 is 0. The topological polar surface area (TPSA) is 0 Å². The Kier molecular flexibility index (Phi) is 8.42. The molecule has 0 N–H and O–H groups in total. The van der Waals surface area contributed by atoms with Gasteiger partial charge in [-0.05, 0) is 231 Å². The van der Waals surface area contributed by atoms with Gasteiger partial charge in [-0.3, -0.25) is 0 Å². The van der Waals surface area contributed by atoms with Crippen molar-refractivity contribution < 1.29 is 0 Å². The Labute approximate surface area is 419 Å². The van der Waals surface area contributed by atoms with Crippen molar-refractivity contribution in [2.75, 3.05) is 0 Å². The minimum absolute atomic E-state index is 1.26. The van der Waals surface area contributed by atoms with Gasteiger partial charge in [0.2, 0.25) is 0 Å². The molecule has 0 amide bonds. The molecule has 0 spiro atoms. The first kappa shape index (κ1) is 41.5. The van der Waals surface area contributed by atoms with Crippen LogP contribution in [0.1, 0.15) is 44.5 Å². The van der Waals surface area contributed by atoms with Gasteiger partial charge in [0.25, 0.3) is 0 Å². The first-order chi connectivity index (χ1) is 34.9. The molecule has 340 valence electrons. The third-order valence-electron chi connectivity index (χ3n) is 16.5. The van der Waals surface area contributed by atoms with Crippen molar-refractivity contribution in [2.45, 2.75) is 55.4 Å². The van der Waals surface area contributed by atoms with Crippen molar-refractivity contribution in [3.8, 4) is 44.5 Å². The molecule has 0 bridgehead atoms. The second kappa shape index (κ2) is 14.6. The van der Waals surface area contributed by atoms with E-state index in [0.29, 0.717) is 0 Å². The van der Waals surface area contributed by atoms with E-state index in [4.69, 9.17) is 0 Å². The molecule has 0 fully saturated rings. The van der Waals surface area contributed by atoms with E-state index in [1.807, 2.05) is 0 Å². The van der Waals surface area contributed by atoms with Crippen LogP contribution in [0.4, 0.5) is 0 Å². The van der Waals surface area contributed by atoms with Crippen LogP contribution >= 0.6 is 0 Å². The lowest BCUT2D eigenvalue weighted by molar-refractivity contribution is 1.39. The van der Waals surface area contributed by atoms with Crippen LogP contribution in [0, 0.1) is 55.4 Å². The molecule has 0 radical (unpaired) electrons. The van der Waals surface area contributed by atoms with Gasteiger partial charge < -0.3 is 0 Å². The summed E-state index contributed by atoms with van der Waals surface area (Å²) in [5.41, 5.74) is 20.6. The maximum atomic E-state index is 2.60. The summed E-state index contributed by atoms with van der Waals surface area (Å²) in [7, 11) is 0. The zero-order chi connectivity index (χ0) is 48.6. The van der Waals surface area contributed by atoms with Gasteiger partial charge in [-0.1, -0.05) is 191 Å². The predicted octanol–water partition coefficient (Wildman–Crippen LogP) is 20.7. The molecule has 0 heterocycles. The van der Waals surface area contributed by atoms with Crippen LogP contribution < -0.4 is 0 Å². The van der Waals surface area contributed by atoms with Crippen LogP contribution in [-0.2, 0) is 0 Å². The van der Waals surface area contributed by atoms with Crippen LogP contribution in [0.15, 0.2) is 170 Å². The molecule has 15 aromatic carbocycles. The van der Waals surface area contributed by atoms with Crippen LogP contribution in [0.3, 0.4) is 0 Å². The number of aryl methyl sites for hydroxylation is 8. The fraction of sp³-hybridized carbons (Fsp3) is 0.111. The molecule has 0 aliphatic carbocycles. The first-order valence-electron chi connectivity index (χ1n) is 25.7. The van der Waals surface area contributed by atoms with Gasteiger partial charge in [-0.25, -0.2) is 0 Å². The maximum Gasteiger partial charge on any atom is -0.000731 e. The zero-order valence-corrected chi connectivity index (χ0v) is 42.2. The normalized spacial score (nSPS) is 12.4. The largest absolute Gasteiger partial charge is 0.0614 e. The molecule has 0 atom stereocenters. The van der Waals surface area contributed by atoms with Crippen LogP contribution in [0.2, 0.25) is 0 Å². The molecule has 0 saturated carbocycles. The molecule has 0 unspecified atom stereocenters. The molecule has 0 nitrogen and oxygen atoms in total. The number of rotatable bonds is 4. The predicted molar refractivity (Wildman–Crippen MR) is 315 cm³/mol. The summed E-state index contributed by atoms with van der Waals surface area (Å²) in [5, 5.41) is 26.7. The summed E-state index contributed by atoms with van der Waals surface area (Å²) in [4.78, 5) is 0. The number of hydrogen-bond acceptors (Lipinski definition) is 0. The quantitative estimate of drug-likeness (QED) is 0.122. The van der Waals surface area contributed by atoms with Crippen molar-refractivity contribution in [3.05, 3.63) is 214 Å². The Balaban J connectivity index is 1.13.